The zero-order valence-corrected chi connectivity index (χ0v) is 20.2. The molecule has 170 valence electrons. The Morgan fingerprint density at radius 2 is 1.75 bits per heavy atom. The fraction of sp³-hybridized carbons (Fsp3) is 0.462. The second-order valence-electron chi connectivity index (χ2n) is 9.07. The minimum Gasteiger partial charge on any atom is -0.299 e. The Kier molecular flexibility index (Phi) is 8.14. The van der Waals surface area contributed by atoms with Crippen LogP contribution in [0.2, 0.25) is 5.02 Å². The zero-order chi connectivity index (χ0) is 23.3. The summed E-state index contributed by atoms with van der Waals surface area (Å²) >= 11 is 6.51. The molecule has 4 nitrogen and oxygen atoms in total. The standard InChI is InChI=1S/C26H30ClNO3S/c1-18(2)32(30,31)17-19-8-11-22(12-9-19)26(29)15-20-10-13-23(25(27)14-20)24(16-28)21-6-4-3-5-7-21/h3-7,10,13-14,18-19,22,24H,8-9,11-12,15,17H2,1-2H3. The molecule has 1 aliphatic rings. The third-order valence-electron chi connectivity index (χ3n) is 6.50. The summed E-state index contributed by atoms with van der Waals surface area (Å²) in [5.74, 6) is 0.0813. The number of rotatable bonds is 8. The Labute approximate surface area is 196 Å². The van der Waals surface area contributed by atoms with Crippen molar-refractivity contribution in [1.82, 2.24) is 0 Å². The highest BCUT2D eigenvalue weighted by Gasteiger charge is 2.30. The predicted octanol–water partition coefficient (Wildman–Crippen LogP) is 5.74. The van der Waals surface area contributed by atoms with E-state index in [0.29, 0.717) is 11.4 Å². The van der Waals surface area contributed by atoms with Gasteiger partial charge in [0.1, 0.15) is 5.78 Å². The van der Waals surface area contributed by atoms with Gasteiger partial charge in [0.2, 0.25) is 0 Å². The van der Waals surface area contributed by atoms with Gasteiger partial charge in [-0.3, -0.25) is 4.79 Å². The number of hydrogen-bond acceptors (Lipinski definition) is 4. The van der Waals surface area contributed by atoms with Gasteiger partial charge < -0.3 is 0 Å². The van der Waals surface area contributed by atoms with E-state index >= 15 is 0 Å². The van der Waals surface area contributed by atoms with Gasteiger partial charge in [-0.2, -0.15) is 5.26 Å². The molecule has 2 aromatic rings. The van der Waals surface area contributed by atoms with Crippen molar-refractivity contribution < 1.29 is 13.2 Å². The maximum atomic E-state index is 12.9. The summed E-state index contributed by atoms with van der Waals surface area (Å²) in [5.41, 5.74) is 2.47. The molecule has 0 bridgehead atoms. The number of halogens is 1. The lowest BCUT2D eigenvalue weighted by Gasteiger charge is -2.28. The van der Waals surface area contributed by atoms with Crippen molar-refractivity contribution in [3.8, 4) is 6.07 Å². The van der Waals surface area contributed by atoms with E-state index in [4.69, 9.17) is 11.6 Å². The van der Waals surface area contributed by atoms with Crippen LogP contribution in [0.15, 0.2) is 48.5 Å². The molecule has 0 aliphatic heterocycles. The molecule has 0 radical (unpaired) electrons. The van der Waals surface area contributed by atoms with Gasteiger partial charge in [-0.1, -0.05) is 54.1 Å². The number of hydrogen-bond donors (Lipinski definition) is 0. The Hall–Kier alpha value is -2.16. The molecular weight excluding hydrogens is 442 g/mol. The van der Waals surface area contributed by atoms with Gasteiger partial charge in [0.15, 0.2) is 9.84 Å². The van der Waals surface area contributed by atoms with E-state index < -0.39 is 15.8 Å². The van der Waals surface area contributed by atoms with Crippen molar-refractivity contribution in [2.24, 2.45) is 11.8 Å². The number of carbonyl (C=O) groups excluding carboxylic acids is 1. The molecule has 1 aliphatic carbocycles. The lowest BCUT2D eigenvalue weighted by atomic mass is 9.79. The molecule has 0 aromatic heterocycles. The summed E-state index contributed by atoms with van der Waals surface area (Å²) in [7, 11) is -3.04. The molecule has 0 heterocycles. The Morgan fingerprint density at radius 3 is 2.31 bits per heavy atom. The first-order valence-corrected chi connectivity index (χ1v) is 13.3. The summed E-state index contributed by atoms with van der Waals surface area (Å²) in [6, 6.07) is 17.4. The van der Waals surface area contributed by atoms with Gasteiger partial charge in [0.25, 0.3) is 0 Å². The Morgan fingerprint density at radius 1 is 1.09 bits per heavy atom. The van der Waals surface area contributed by atoms with Crippen LogP contribution in [0.4, 0.5) is 0 Å². The highest BCUT2D eigenvalue weighted by Crippen LogP contribution is 2.33. The van der Waals surface area contributed by atoms with Crippen LogP contribution in [0.1, 0.15) is 62.1 Å². The third-order valence-corrected chi connectivity index (χ3v) is 9.20. The van der Waals surface area contributed by atoms with Crippen molar-refractivity contribution in [3.63, 3.8) is 0 Å². The molecule has 32 heavy (non-hydrogen) atoms. The van der Waals surface area contributed by atoms with E-state index in [1.54, 1.807) is 19.9 Å². The van der Waals surface area contributed by atoms with Crippen LogP contribution >= 0.6 is 11.6 Å². The fourth-order valence-electron chi connectivity index (χ4n) is 4.40. The average Bonchev–Trinajstić information content (AvgIpc) is 2.76. The van der Waals surface area contributed by atoms with E-state index in [1.807, 2.05) is 42.5 Å². The highest BCUT2D eigenvalue weighted by molar-refractivity contribution is 7.91. The van der Waals surface area contributed by atoms with Crippen LogP contribution in [0.3, 0.4) is 0 Å². The van der Waals surface area contributed by atoms with Gasteiger partial charge in [-0.25, -0.2) is 8.42 Å². The summed E-state index contributed by atoms with van der Waals surface area (Å²) in [6.07, 6.45) is 3.36. The van der Waals surface area contributed by atoms with Gasteiger partial charge in [0.05, 0.1) is 23.0 Å². The normalized spacial score (nSPS) is 20.0. The molecule has 6 heteroatoms. The van der Waals surface area contributed by atoms with Gasteiger partial charge in [-0.05, 0) is 68.2 Å². The van der Waals surface area contributed by atoms with E-state index in [1.165, 1.54) is 0 Å². The number of nitrogens with zero attached hydrogens (tertiary/aromatic N) is 1. The van der Waals surface area contributed by atoms with Gasteiger partial charge >= 0.3 is 0 Å². The van der Waals surface area contributed by atoms with Gasteiger partial charge in [0, 0.05) is 17.4 Å². The van der Waals surface area contributed by atoms with E-state index in [2.05, 4.69) is 6.07 Å². The number of benzene rings is 2. The molecule has 0 N–H and O–H groups in total. The molecule has 1 saturated carbocycles. The maximum absolute atomic E-state index is 12.9. The predicted molar refractivity (Wildman–Crippen MR) is 128 cm³/mol. The second-order valence-corrected chi connectivity index (χ2v) is 12.1. The number of carbonyl (C=O) groups is 1. The lowest BCUT2D eigenvalue weighted by molar-refractivity contribution is -0.123. The maximum Gasteiger partial charge on any atom is 0.152 e. The van der Waals surface area contributed by atoms with E-state index in [0.717, 1.165) is 42.4 Å². The number of sulfone groups is 1. The van der Waals surface area contributed by atoms with Crippen LogP contribution in [-0.2, 0) is 21.1 Å². The Bertz CT molecular complexity index is 1080. The summed E-state index contributed by atoms with van der Waals surface area (Å²) < 4.78 is 24.4. The second kappa shape index (κ2) is 10.6. The fourth-order valence-corrected chi connectivity index (χ4v) is 6.09. The molecule has 2 aromatic carbocycles. The van der Waals surface area contributed by atoms with Crippen LogP contribution in [-0.4, -0.2) is 25.2 Å². The van der Waals surface area contributed by atoms with Crippen molar-refractivity contribution in [3.05, 3.63) is 70.2 Å². The molecular formula is C26H30ClNO3S. The SMILES string of the molecule is CC(C)S(=O)(=O)CC1CCC(C(=O)Cc2ccc(C(C#N)c3ccccc3)c(Cl)c2)CC1. The van der Waals surface area contributed by atoms with Crippen molar-refractivity contribution in [2.45, 2.75) is 57.1 Å². The van der Waals surface area contributed by atoms with E-state index in [-0.39, 0.29) is 28.6 Å². The lowest BCUT2D eigenvalue weighted by Crippen LogP contribution is -2.29. The summed E-state index contributed by atoms with van der Waals surface area (Å²) in [5, 5.41) is 9.81. The molecule has 3 rings (SSSR count). The summed E-state index contributed by atoms with van der Waals surface area (Å²) in [6.45, 7) is 3.44. The van der Waals surface area contributed by atoms with Gasteiger partial charge in [-0.15, -0.1) is 0 Å². The van der Waals surface area contributed by atoms with Crippen LogP contribution < -0.4 is 0 Å². The monoisotopic (exact) mass is 471 g/mol. The first kappa shape index (κ1) is 24.5. The molecule has 1 unspecified atom stereocenters. The largest absolute Gasteiger partial charge is 0.299 e. The molecule has 1 fully saturated rings. The third kappa shape index (κ3) is 5.99. The number of Topliss-reactive ketones (excluding diaryl/α,β-unsaturated/α-hetero) is 1. The molecule has 0 spiro atoms. The molecule has 1 atom stereocenters. The zero-order valence-electron chi connectivity index (χ0n) is 18.6. The van der Waals surface area contributed by atoms with Crippen molar-refractivity contribution in [1.29, 1.82) is 5.26 Å². The highest BCUT2D eigenvalue weighted by atomic mass is 35.5. The number of ketones is 1. The number of nitriles is 1. The Balaban J connectivity index is 1.61. The van der Waals surface area contributed by atoms with Crippen LogP contribution in [0, 0.1) is 23.2 Å². The first-order chi connectivity index (χ1) is 15.2. The summed E-state index contributed by atoms with van der Waals surface area (Å²) in [4.78, 5) is 12.9. The van der Waals surface area contributed by atoms with E-state index in [9.17, 15) is 18.5 Å². The van der Waals surface area contributed by atoms with Crippen LogP contribution in [0.5, 0.6) is 0 Å². The minimum atomic E-state index is -3.04. The van der Waals surface area contributed by atoms with Crippen LogP contribution in [0.25, 0.3) is 0 Å². The quantitative estimate of drug-likeness (QED) is 0.492. The molecule has 0 saturated heterocycles. The molecule has 0 amide bonds. The first-order valence-electron chi connectivity index (χ1n) is 11.2. The average molecular weight is 472 g/mol. The topological polar surface area (TPSA) is 75.0 Å². The minimum absolute atomic E-state index is 0.0253. The van der Waals surface area contributed by atoms with Crippen molar-refractivity contribution in [2.75, 3.05) is 5.75 Å². The smallest absolute Gasteiger partial charge is 0.152 e. The van der Waals surface area contributed by atoms with Crippen molar-refractivity contribution >= 4 is 27.2 Å².